The number of hydrogen-bond donors (Lipinski definition) is 1. The van der Waals surface area contributed by atoms with Crippen molar-refractivity contribution in [2.45, 2.75) is 71.3 Å². The normalized spacial score (nSPS) is 25.7. The zero-order chi connectivity index (χ0) is 12.5. The van der Waals surface area contributed by atoms with E-state index in [-0.39, 0.29) is 0 Å². The molecular weight excluding hydrogens is 206 g/mol. The minimum atomic E-state index is 0.722. The van der Waals surface area contributed by atoms with Crippen molar-refractivity contribution >= 4 is 0 Å². The Labute approximate surface area is 108 Å². The quantitative estimate of drug-likeness (QED) is 0.495. The molecule has 3 atom stereocenters. The number of unbranched alkanes of at least 4 members (excludes halogenated alkanes) is 1. The van der Waals surface area contributed by atoms with Gasteiger partial charge in [0.2, 0.25) is 0 Å². The molecule has 1 saturated carbocycles. The number of terminal acetylenes is 1. The van der Waals surface area contributed by atoms with E-state index in [9.17, 15) is 0 Å². The molecule has 98 valence electrons. The Bertz CT molecular complexity index is 228. The summed E-state index contributed by atoms with van der Waals surface area (Å²) in [6, 6.07) is 0.722. The maximum absolute atomic E-state index is 5.34. The van der Waals surface area contributed by atoms with Gasteiger partial charge in [-0.1, -0.05) is 26.7 Å². The minimum Gasteiger partial charge on any atom is -0.314 e. The Balaban J connectivity index is 2.36. The first kappa shape index (κ1) is 14.6. The molecule has 0 aliphatic heterocycles. The summed E-state index contributed by atoms with van der Waals surface area (Å²) in [4.78, 5) is 0. The van der Waals surface area contributed by atoms with E-state index in [4.69, 9.17) is 6.42 Å². The average Bonchev–Trinajstić information content (AvgIpc) is 2.82. The molecule has 1 aliphatic rings. The van der Waals surface area contributed by atoms with Gasteiger partial charge in [0.15, 0.2) is 0 Å². The standard InChI is InChI=1S/C16H29N/c1-4-7-8-9-16(17-12-5-2)15-11-10-14(6-3)13-15/h1,14-17H,5-13H2,2-3H3. The minimum absolute atomic E-state index is 0.722. The van der Waals surface area contributed by atoms with Gasteiger partial charge in [-0.25, -0.2) is 0 Å². The summed E-state index contributed by atoms with van der Waals surface area (Å²) < 4.78 is 0. The molecule has 0 amide bonds. The van der Waals surface area contributed by atoms with Crippen LogP contribution in [0.5, 0.6) is 0 Å². The van der Waals surface area contributed by atoms with E-state index < -0.39 is 0 Å². The molecule has 0 aromatic carbocycles. The molecule has 0 aromatic rings. The zero-order valence-corrected chi connectivity index (χ0v) is 11.7. The SMILES string of the molecule is C#CCCCC(NCCC)C1CCC(CC)C1. The maximum Gasteiger partial charge on any atom is 0.00957 e. The monoisotopic (exact) mass is 235 g/mol. The highest BCUT2D eigenvalue weighted by atomic mass is 14.9. The molecule has 1 heteroatoms. The Morgan fingerprint density at radius 2 is 2.18 bits per heavy atom. The highest BCUT2D eigenvalue weighted by Gasteiger charge is 2.29. The molecule has 0 bridgehead atoms. The molecule has 1 N–H and O–H groups in total. The lowest BCUT2D eigenvalue weighted by Crippen LogP contribution is -2.35. The van der Waals surface area contributed by atoms with Gasteiger partial charge in [-0.3, -0.25) is 0 Å². The fourth-order valence-electron chi connectivity index (χ4n) is 3.11. The number of nitrogens with one attached hydrogen (secondary N) is 1. The van der Waals surface area contributed by atoms with E-state index >= 15 is 0 Å². The second-order valence-electron chi connectivity index (χ2n) is 5.50. The fourth-order valence-corrected chi connectivity index (χ4v) is 3.11. The third kappa shape index (κ3) is 5.13. The van der Waals surface area contributed by atoms with Crippen molar-refractivity contribution in [3.8, 4) is 12.3 Å². The lowest BCUT2D eigenvalue weighted by molar-refractivity contribution is 0.325. The van der Waals surface area contributed by atoms with Crippen molar-refractivity contribution in [2.75, 3.05) is 6.54 Å². The molecule has 0 aromatic heterocycles. The molecular formula is C16H29N. The van der Waals surface area contributed by atoms with Gasteiger partial charge >= 0.3 is 0 Å². The first-order valence-corrected chi connectivity index (χ1v) is 7.48. The third-order valence-corrected chi connectivity index (χ3v) is 4.22. The van der Waals surface area contributed by atoms with Gasteiger partial charge < -0.3 is 5.32 Å². The Kier molecular flexibility index (Phi) is 7.37. The molecule has 0 spiro atoms. The Morgan fingerprint density at radius 3 is 2.76 bits per heavy atom. The van der Waals surface area contributed by atoms with Gasteiger partial charge in [0.25, 0.3) is 0 Å². The van der Waals surface area contributed by atoms with Crippen LogP contribution in [0.2, 0.25) is 0 Å². The number of rotatable bonds is 8. The maximum atomic E-state index is 5.34. The van der Waals surface area contributed by atoms with Crippen molar-refractivity contribution in [2.24, 2.45) is 11.8 Å². The van der Waals surface area contributed by atoms with Gasteiger partial charge in [0.05, 0.1) is 0 Å². The van der Waals surface area contributed by atoms with Crippen LogP contribution in [0, 0.1) is 24.2 Å². The first-order valence-electron chi connectivity index (χ1n) is 7.48. The van der Waals surface area contributed by atoms with Crippen LogP contribution in [-0.2, 0) is 0 Å². The van der Waals surface area contributed by atoms with Crippen LogP contribution in [0.4, 0.5) is 0 Å². The van der Waals surface area contributed by atoms with Crippen LogP contribution in [0.1, 0.15) is 65.2 Å². The summed E-state index contributed by atoms with van der Waals surface area (Å²) in [5.74, 6) is 4.65. The summed E-state index contributed by atoms with van der Waals surface area (Å²) >= 11 is 0. The van der Waals surface area contributed by atoms with Crippen LogP contribution in [0.3, 0.4) is 0 Å². The summed E-state index contributed by atoms with van der Waals surface area (Å²) in [7, 11) is 0. The van der Waals surface area contributed by atoms with Gasteiger partial charge in [-0.15, -0.1) is 12.3 Å². The molecule has 3 unspecified atom stereocenters. The van der Waals surface area contributed by atoms with E-state index in [0.29, 0.717) is 0 Å². The Morgan fingerprint density at radius 1 is 1.35 bits per heavy atom. The largest absolute Gasteiger partial charge is 0.314 e. The van der Waals surface area contributed by atoms with Gasteiger partial charge in [-0.2, -0.15) is 0 Å². The average molecular weight is 235 g/mol. The van der Waals surface area contributed by atoms with E-state index in [1.54, 1.807) is 0 Å². The second-order valence-corrected chi connectivity index (χ2v) is 5.50. The summed E-state index contributed by atoms with van der Waals surface area (Å²) in [6.45, 7) is 5.74. The summed E-state index contributed by atoms with van der Waals surface area (Å²) in [5.41, 5.74) is 0. The van der Waals surface area contributed by atoms with Crippen molar-refractivity contribution in [3.63, 3.8) is 0 Å². The van der Waals surface area contributed by atoms with E-state index in [0.717, 1.165) is 30.8 Å². The first-order chi connectivity index (χ1) is 8.31. The molecule has 1 fully saturated rings. The van der Waals surface area contributed by atoms with Crippen molar-refractivity contribution in [1.29, 1.82) is 0 Å². The highest BCUT2D eigenvalue weighted by molar-refractivity contribution is 4.87. The van der Waals surface area contributed by atoms with E-state index in [1.807, 2.05) is 0 Å². The van der Waals surface area contributed by atoms with Gasteiger partial charge in [0.1, 0.15) is 0 Å². The van der Waals surface area contributed by atoms with Crippen LogP contribution in [0.15, 0.2) is 0 Å². The predicted octanol–water partition coefficient (Wildman–Crippen LogP) is 3.98. The molecule has 0 radical (unpaired) electrons. The summed E-state index contributed by atoms with van der Waals surface area (Å²) in [6.07, 6.45) is 15.6. The Hall–Kier alpha value is -0.480. The molecule has 17 heavy (non-hydrogen) atoms. The molecule has 1 rings (SSSR count). The smallest absolute Gasteiger partial charge is 0.00957 e. The topological polar surface area (TPSA) is 12.0 Å². The lowest BCUT2D eigenvalue weighted by atomic mass is 9.92. The molecule has 1 nitrogen and oxygen atoms in total. The second kappa shape index (κ2) is 8.59. The number of hydrogen-bond acceptors (Lipinski definition) is 1. The van der Waals surface area contributed by atoms with Crippen molar-refractivity contribution < 1.29 is 0 Å². The van der Waals surface area contributed by atoms with Crippen LogP contribution >= 0.6 is 0 Å². The highest BCUT2D eigenvalue weighted by Crippen LogP contribution is 2.36. The van der Waals surface area contributed by atoms with E-state index in [1.165, 1.54) is 44.9 Å². The molecule has 0 heterocycles. The summed E-state index contributed by atoms with van der Waals surface area (Å²) in [5, 5.41) is 3.75. The lowest BCUT2D eigenvalue weighted by Gasteiger charge is -2.25. The van der Waals surface area contributed by atoms with Gasteiger partial charge in [-0.05, 0) is 50.5 Å². The predicted molar refractivity (Wildman–Crippen MR) is 75.9 cm³/mol. The zero-order valence-electron chi connectivity index (χ0n) is 11.7. The van der Waals surface area contributed by atoms with Crippen molar-refractivity contribution in [1.82, 2.24) is 5.32 Å². The van der Waals surface area contributed by atoms with E-state index in [2.05, 4.69) is 25.1 Å². The molecule has 0 saturated heterocycles. The fraction of sp³-hybridized carbons (Fsp3) is 0.875. The third-order valence-electron chi connectivity index (χ3n) is 4.22. The van der Waals surface area contributed by atoms with Crippen LogP contribution in [0.25, 0.3) is 0 Å². The molecule has 1 aliphatic carbocycles. The van der Waals surface area contributed by atoms with Gasteiger partial charge in [0, 0.05) is 12.5 Å². The van der Waals surface area contributed by atoms with Crippen LogP contribution < -0.4 is 5.32 Å². The van der Waals surface area contributed by atoms with Crippen molar-refractivity contribution in [3.05, 3.63) is 0 Å². The van der Waals surface area contributed by atoms with Crippen LogP contribution in [-0.4, -0.2) is 12.6 Å².